The van der Waals surface area contributed by atoms with E-state index in [-0.39, 0.29) is 50.4 Å². The van der Waals surface area contributed by atoms with Crippen LogP contribution in [0, 0.1) is 0 Å². The van der Waals surface area contributed by atoms with Crippen LogP contribution in [0.2, 0.25) is 0 Å². The molecule has 0 N–H and O–H groups in total. The molecular weight excluding hydrogens is 411 g/mol. The normalized spacial score (nSPS) is 13.9. The van der Waals surface area contributed by atoms with E-state index < -0.39 is 11.6 Å². The minimum atomic E-state index is -0.491. The number of hydrogen-bond donors (Lipinski definition) is 0. The van der Waals surface area contributed by atoms with Gasteiger partial charge in [-0.1, -0.05) is 6.07 Å². The molecule has 0 saturated carbocycles. The third kappa shape index (κ3) is 3.41. The van der Waals surface area contributed by atoms with E-state index in [1.165, 1.54) is 14.0 Å². The maximum absolute atomic E-state index is 12.7. The van der Waals surface area contributed by atoms with Gasteiger partial charge in [0, 0.05) is 18.4 Å². The first kappa shape index (κ1) is 17.5. The fourth-order valence-corrected chi connectivity index (χ4v) is 3.29. The van der Waals surface area contributed by atoms with Gasteiger partial charge in [-0.15, -0.1) is 0 Å². The molecule has 1 aromatic carbocycles. The van der Waals surface area contributed by atoms with E-state index in [4.69, 9.17) is 4.74 Å². The summed E-state index contributed by atoms with van der Waals surface area (Å²) in [5, 5.41) is 0. The molecular formula is C17H15IO5. The predicted octanol–water partition coefficient (Wildman–Crippen LogP) is 3.09. The molecule has 0 bridgehead atoms. The Labute approximate surface area is 147 Å². The van der Waals surface area contributed by atoms with E-state index in [2.05, 4.69) is 0 Å². The Kier molecular flexibility index (Phi) is 5.46. The van der Waals surface area contributed by atoms with Crippen molar-refractivity contribution < 1.29 is 23.9 Å². The third-order valence-electron chi connectivity index (χ3n) is 3.58. The van der Waals surface area contributed by atoms with Gasteiger partial charge in [-0.25, -0.2) is 0 Å². The molecule has 0 atom stereocenters. The summed E-state index contributed by atoms with van der Waals surface area (Å²) in [6.07, 6.45) is 0.699. The molecule has 1 aliphatic carbocycles. The van der Waals surface area contributed by atoms with Gasteiger partial charge in [-0.05, 0) is 48.1 Å². The minimum Gasteiger partial charge on any atom is -0.496 e. The number of halogens is 1. The van der Waals surface area contributed by atoms with E-state index in [1.54, 1.807) is 40.8 Å². The SMILES string of the molecule is COc1cccc2c1C(=O)C(C(=O)CCCC(C)=O)=C(I)C2=O. The molecule has 23 heavy (non-hydrogen) atoms. The second kappa shape index (κ2) is 7.16. The molecule has 0 amide bonds. The topological polar surface area (TPSA) is 77.5 Å². The second-order valence-corrected chi connectivity index (χ2v) is 6.29. The van der Waals surface area contributed by atoms with Crippen LogP contribution in [0.4, 0.5) is 0 Å². The molecule has 0 saturated heterocycles. The maximum Gasteiger partial charge on any atom is 0.202 e. The minimum absolute atomic E-state index is 0.0143. The van der Waals surface area contributed by atoms with E-state index in [9.17, 15) is 19.2 Å². The number of ketones is 4. The Morgan fingerprint density at radius 2 is 1.83 bits per heavy atom. The molecule has 1 aliphatic rings. The van der Waals surface area contributed by atoms with Crippen molar-refractivity contribution in [1.82, 2.24) is 0 Å². The molecule has 6 heteroatoms. The number of benzene rings is 1. The quantitative estimate of drug-likeness (QED) is 0.516. The predicted molar refractivity (Wildman–Crippen MR) is 92.2 cm³/mol. The number of allylic oxidation sites excluding steroid dienone is 2. The Balaban J connectivity index is 2.39. The van der Waals surface area contributed by atoms with Gasteiger partial charge in [0.2, 0.25) is 11.6 Å². The summed E-state index contributed by atoms with van der Waals surface area (Å²) < 4.78 is 5.28. The highest BCUT2D eigenvalue weighted by Crippen LogP contribution is 2.35. The number of carbonyl (C=O) groups excluding carboxylic acids is 4. The van der Waals surface area contributed by atoms with Crippen LogP contribution in [0.1, 0.15) is 46.9 Å². The second-order valence-electron chi connectivity index (χ2n) is 5.21. The summed E-state index contributed by atoms with van der Waals surface area (Å²) in [4.78, 5) is 48.5. The molecule has 2 rings (SSSR count). The maximum atomic E-state index is 12.7. The van der Waals surface area contributed by atoms with Gasteiger partial charge < -0.3 is 9.53 Å². The highest BCUT2D eigenvalue weighted by atomic mass is 127. The van der Waals surface area contributed by atoms with Crippen molar-refractivity contribution >= 4 is 45.7 Å². The van der Waals surface area contributed by atoms with Gasteiger partial charge in [0.1, 0.15) is 11.5 Å². The zero-order valence-electron chi connectivity index (χ0n) is 12.8. The highest BCUT2D eigenvalue weighted by molar-refractivity contribution is 14.1. The van der Waals surface area contributed by atoms with Crippen LogP contribution in [-0.2, 0) is 9.59 Å². The van der Waals surface area contributed by atoms with Crippen molar-refractivity contribution in [3.05, 3.63) is 38.5 Å². The molecule has 0 spiro atoms. The van der Waals surface area contributed by atoms with Gasteiger partial charge in [-0.3, -0.25) is 14.4 Å². The lowest BCUT2D eigenvalue weighted by molar-refractivity contribution is -0.117. The summed E-state index contributed by atoms with van der Waals surface area (Å²) in [6.45, 7) is 1.45. The zero-order chi connectivity index (χ0) is 17.1. The lowest BCUT2D eigenvalue weighted by Gasteiger charge is -2.19. The van der Waals surface area contributed by atoms with Crippen molar-refractivity contribution in [2.75, 3.05) is 7.11 Å². The van der Waals surface area contributed by atoms with Crippen LogP contribution in [0.3, 0.4) is 0 Å². The largest absolute Gasteiger partial charge is 0.496 e. The van der Waals surface area contributed by atoms with Gasteiger partial charge in [-0.2, -0.15) is 0 Å². The first-order valence-corrected chi connectivity index (χ1v) is 8.15. The summed E-state index contributed by atoms with van der Waals surface area (Å²) in [5.74, 6) is -0.993. The Hall–Kier alpha value is -1.83. The standard InChI is InChI=1S/C17H15IO5/c1-9(19)5-3-7-11(20)14-15(18)16(21)10-6-4-8-12(23-2)13(10)17(14)22/h4,6,8H,3,5,7H2,1-2H3. The summed E-state index contributed by atoms with van der Waals surface area (Å²) in [6, 6.07) is 4.76. The smallest absolute Gasteiger partial charge is 0.202 e. The molecule has 5 nitrogen and oxygen atoms in total. The van der Waals surface area contributed by atoms with Crippen molar-refractivity contribution in [2.45, 2.75) is 26.2 Å². The summed E-state index contributed by atoms with van der Waals surface area (Å²) >= 11 is 1.74. The molecule has 0 fully saturated rings. The van der Waals surface area contributed by atoms with Crippen molar-refractivity contribution in [1.29, 1.82) is 0 Å². The first-order valence-electron chi connectivity index (χ1n) is 7.07. The molecule has 0 heterocycles. The highest BCUT2D eigenvalue weighted by Gasteiger charge is 2.36. The average Bonchev–Trinajstić information content (AvgIpc) is 2.51. The van der Waals surface area contributed by atoms with Gasteiger partial charge in [0.15, 0.2) is 5.78 Å². The third-order valence-corrected chi connectivity index (χ3v) is 4.60. The van der Waals surface area contributed by atoms with Crippen LogP contribution < -0.4 is 4.74 Å². The zero-order valence-corrected chi connectivity index (χ0v) is 14.9. The van der Waals surface area contributed by atoms with E-state index in [0.717, 1.165) is 0 Å². The molecule has 0 aromatic heterocycles. The summed E-state index contributed by atoms with van der Waals surface area (Å²) in [5.41, 5.74) is 0.283. The molecule has 0 radical (unpaired) electrons. The van der Waals surface area contributed by atoms with E-state index >= 15 is 0 Å². The van der Waals surface area contributed by atoms with Gasteiger partial charge in [0.25, 0.3) is 0 Å². The number of rotatable bonds is 6. The van der Waals surface area contributed by atoms with Crippen LogP contribution in [-0.4, -0.2) is 30.2 Å². The molecule has 120 valence electrons. The van der Waals surface area contributed by atoms with Crippen molar-refractivity contribution in [3.8, 4) is 5.75 Å². The van der Waals surface area contributed by atoms with Crippen molar-refractivity contribution in [3.63, 3.8) is 0 Å². The molecule has 0 unspecified atom stereocenters. The molecule has 1 aromatic rings. The fourth-order valence-electron chi connectivity index (χ4n) is 2.45. The van der Waals surface area contributed by atoms with E-state index in [1.807, 2.05) is 0 Å². The Morgan fingerprint density at radius 3 is 2.43 bits per heavy atom. The van der Waals surface area contributed by atoms with Crippen LogP contribution in [0.25, 0.3) is 0 Å². The number of hydrogen-bond acceptors (Lipinski definition) is 5. The molecule has 0 aliphatic heterocycles. The lowest BCUT2D eigenvalue weighted by Crippen LogP contribution is -2.25. The Bertz CT molecular complexity index is 745. The number of carbonyl (C=O) groups is 4. The monoisotopic (exact) mass is 426 g/mol. The number of methoxy groups -OCH3 is 1. The van der Waals surface area contributed by atoms with Gasteiger partial charge >= 0.3 is 0 Å². The van der Waals surface area contributed by atoms with Crippen molar-refractivity contribution in [2.24, 2.45) is 0 Å². The number of Topliss-reactive ketones (excluding diaryl/α,β-unsaturated/α-hetero) is 4. The number of ether oxygens (including phenoxy) is 1. The van der Waals surface area contributed by atoms with Crippen LogP contribution >= 0.6 is 22.6 Å². The Morgan fingerprint density at radius 1 is 1.13 bits per heavy atom. The van der Waals surface area contributed by atoms with Gasteiger partial charge in [0.05, 0.1) is 21.8 Å². The lowest BCUT2D eigenvalue weighted by atomic mass is 9.86. The van der Waals surface area contributed by atoms with Crippen LogP contribution in [0.5, 0.6) is 5.75 Å². The fraction of sp³-hybridized carbons (Fsp3) is 0.294. The summed E-state index contributed by atoms with van der Waals surface area (Å²) in [7, 11) is 1.41. The first-order chi connectivity index (χ1) is 10.9. The number of fused-ring (bicyclic) bond motifs is 1. The van der Waals surface area contributed by atoms with Crippen LogP contribution in [0.15, 0.2) is 27.4 Å². The average molecular weight is 426 g/mol. The van der Waals surface area contributed by atoms with E-state index in [0.29, 0.717) is 6.42 Å².